The van der Waals surface area contributed by atoms with E-state index in [1.807, 2.05) is 5.38 Å². The molecule has 0 saturated carbocycles. The van der Waals surface area contributed by atoms with Crippen molar-refractivity contribution >= 4 is 34.3 Å². The second kappa shape index (κ2) is 8.33. The molecule has 0 aliphatic carbocycles. The predicted molar refractivity (Wildman–Crippen MR) is 95.2 cm³/mol. The number of likely N-dealkylation sites (tertiary alicyclic amines) is 1. The van der Waals surface area contributed by atoms with Gasteiger partial charge in [0, 0.05) is 13.1 Å². The molecule has 2 heterocycles. The Labute approximate surface area is 151 Å². The highest BCUT2D eigenvalue weighted by Crippen LogP contribution is 2.31. The molecule has 1 aromatic heterocycles. The monoisotopic (exact) mass is 368 g/mol. The molecule has 2 rings (SSSR count). The van der Waals surface area contributed by atoms with Crippen LogP contribution in [0, 0.1) is 11.8 Å². The van der Waals surface area contributed by atoms with Crippen molar-refractivity contribution in [3.8, 4) is 0 Å². The van der Waals surface area contributed by atoms with Crippen LogP contribution in [0.1, 0.15) is 42.6 Å². The Morgan fingerprint density at radius 1 is 1.44 bits per heavy atom. The lowest BCUT2D eigenvalue weighted by Gasteiger charge is -2.30. The first-order chi connectivity index (χ1) is 11.8. The number of esters is 1. The number of thiophene rings is 1. The van der Waals surface area contributed by atoms with Gasteiger partial charge in [-0.3, -0.25) is 10.1 Å². The quantitative estimate of drug-likeness (QED) is 0.779. The van der Waals surface area contributed by atoms with Crippen LogP contribution in [0.25, 0.3) is 0 Å². The average Bonchev–Trinajstić information content (AvgIpc) is 2.95. The summed E-state index contributed by atoms with van der Waals surface area (Å²) in [6.45, 7) is 4.79. The van der Waals surface area contributed by atoms with Crippen LogP contribution < -0.4 is 5.32 Å². The minimum Gasteiger partial charge on any atom is -0.481 e. The van der Waals surface area contributed by atoms with E-state index in [-0.39, 0.29) is 12.6 Å². The molecule has 0 bridgehead atoms. The summed E-state index contributed by atoms with van der Waals surface area (Å²) in [6.07, 6.45) is 1.93. The fourth-order valence-corrected chi connectivity index (χ4v) is 3.89. The second-order valence-electron chi connectivity index (χ2n) is 6.61. The lowest BCUT2D eigenvalue weighted by Crippen LogP contribution is -2.44. The molecule has 1 saturated heterocycles. The van der Waals surface area contributed by atoms with Crippen LogP contribution in [0.2, 0.25) is 0 Å². The van der Waals surface area contributed by atoms with E-state index < -0.39 is 17.9 Å². The number of carboxylic acids is 1. The highest BCUT2D eigenvalue weighted by Gasteiger charge is 2.29. The highest BCUT2D eigenvalue weighted by molar-refractivity contribution is 7.15. The summed E-state index contributed by atoms with van der Waals surface area (Å²) in [7, 11) is 1.31. The van der Waals surface area contributed by atoms with Gasteiger partial charge in [-0.25, -0.2) is 9.59 Å². The molecular formula is C17H24N2O5S. The SMILES string of the molecule is COC(=O)c1c(CC(C)C)csc1NC(=O)N1CCCC(C(=O)O)C1. The number of hydrogen-bond acceptors (Lipinski definition) is 5. The first kappa shape index (κ1) is 19.2. The third-order valence-electron chi connectivity index (χ3n) is 4.16. The predicted octanol–water partition coefficient (Wildman–Crippen LogP) is 3.06. The number of methoxy groups -OCH3 is 1. The largest absolute Gasteiger partial charge is 0.481 e. The Balaban J connectivity index is 2.16. The molecule has 8 heteroatoms. The second-order valence-corrected chi connectivity index (χ2v) is 7.49. The van der Waals surface area contributed by atoms with Crippen LogP contribution in [-0.2, 0) is 16.0 Å². The number of amides is 2. The molecule has 0 radical (unpaired) electrons. The van der Waals surface area contributed by atoms with Gasteiger partial charge in [-0.15, -0.1) is 11.3 Å². The summed E-state index contributed by atoms with van der Waals surface area (Å²) in [5.41, 5.74) is 1.24. The van der Waals surface area contributed by atoms with Gasteiger partial charge in [0.05, 0.1) is 18.6 Å². The lowest BCUT2D eigenvalue weighted by atomic mass is 9.99. The number of nitrogens with zero attached hydrogens (tertiary/aromatic N) is 1. The summed E-state index contributed by atoms with van der Waals surface area (Å²) in [6, 6.07) is -0.381. The molecule has 0 aromatic carbocycles. The fourth-order valence-electron chi connectivity index (χ4n) is 2.94. The van der Waals surface area contributed by atoms with E-state index in [0.717, 1.165) is 5.56 Å². The van der Waals surface area contributed by atoms with Crippen molar-refractivity contribution in [1.29, 1.82) is 0 Å². The lowest BCUT2D eigenvalue weighted by molar-refractivity contribution is -0.143. The summed E-state index contributed by atoms with van der Waals surface area (Å²) in [4.78, 5) is 37.3. The molecule has 1 aromatic rings. The number of aliphatic carboxylic acids is 1. The van der Waals surface area contributed by atoms with Gasteiger partial charge in [0.15, 0.2) is 0 Å². The van der Waals surface area contributed by atoms with Gasteiger partial charge >= 0.3 is 18.0 Å². The van der Waals surface area contributed by atoms with Gasteiger partial charge in [0.2, 0.25) is 0 Å². The Morgan fingerprint density at radius 2 is 2.16 bits per heavy atom. The molecule has 138 valence electrons. The van der Waals surface area contributed by atoms with Gasteiger partial charge in [0.1, 0.15) is 5.00 Å². The van der Waals surface area contributed by atoms with Crippen molar-refractivity contribution in [1.82, 2.24) is 4.90 Å². The van der Waals surface area contributed by atoms with Gasteiger partial charge in [-0.1, -0.05) is 13.8 Å². The zero-order valence-corrected chi connectivity index (χ0v) is 15.5. The third-order valence-corrected chi connectivity index (χ3v) is 5.11. The van der Waals surface area contributed by atoms with Gasteiger partial charge < -0.3 is 14.7 Å². The van der Waals surface area contributed by atoms with Crippen LogP contribution in [-0.4, -0.2) is 48.2 Å². The Bertz CT molecular complexity index is 655. The van der Waals surface area contributed by atoms with Gasteiger partial charge in [0.25, 0.3) is 0 Å². The maximum absolute atomic E-state index is 12.5. The molecular weight excluding hydrogens is 344 g/mol. The molecule has 1 fully saturated rings. The number of carbonyl (C=O) groups excluding carboxylic acids is 2. The average molecular weight is 368 g/mol. The zero-order valence-electron chi connectivity index (χ0n) is 14.7. The van der Waals surface area contributed by atoms with Crippen molar-refractivity contribution in [2.75, 3.05) is 25.5 Å². The van der Waals surface area contributed by atoms with Crippen molar-refractivity contribution in [3.63, 3.8) is 0 Å². The third kappa shape index (κ3) is 4.72. The molecule has 1 atom stereocenters. The van der Waals surface area contributed by atoms with E-state index in [4.69, 9.17) is 9.84 Å². The number of carboxylic acid groups (broad SMARTS) is 1. The minimum absolute atomic E-state index is 0.180. The summed E-state index contributed by atoms with van der Waals surface area (Å²) >= 11 is 1.29. The summed E-state index contributed by atoms with van der Waals surface area (Å²) < 4.78 is 4.86. The Morgan fingerprint density at radius 3 is 2.76 bits per heavy atom. The fraction of sp³-hybridized carbons (Fsp3) is 0.588. The molecule has 2 N–H and O–H groups in total. The smallest absolute Gasteiger partial charge is 0.341 e. The molecule has 1 aliphatic rings. The number of hydrogen-bond donors (Lipinski definition) is 2. The number of piperidine rings is 1. The van der Waals surface area contributed by atoms with Crippen LogP contribution in [0.4, 0.5) is 9.80 Å². The first-order valence-electron chi connectivity index (χ1n) is 8.30. The molecule has 1 unspecified atom stereocenters. The maximum Gasteiger partial charge on any atom is 0.341 e. The number of nitrogens with one attached hydrogen (secondary N) is 1. The summed E-state index contributed by atoms with van der Waals surface area (Å²) in [5, 5.41) is 14.2. The van der Waals surface area contributed by atoms with Gasteiger partial charge in [-0.05, 0) is 36.1 Å². The summed E-state index contributed by atoms with van der Waals surface area (Å²) in [5.74, 6) is -1.54. The number of anilines is 1. The van der Waals surface area contributed by atoms with Crippen molar-refractivity contribution < 1.29 is 24.2 Å². The van der Waals surface area contributed by atoms with Crippen molar-refractivity contribution in [2.24, 2.45) is 11.8 Å². The number of ether oxygens (including phenoxy) is 1. The maximum atomic E-state index is 12.5. The van der Waals surface area contributed by atoms with Crippen LogP contribution in [0.5, 0.6) is 0 Å². The molecule has 1 aliphatic heterocycles. The molecule has 25 heavy (non-hydrogen) atoms. The normalized spacial score (nSPS) is 17.4. The van der Waals surface area contributed by atoms with E-state index in [2.05, 4.69) is 19.2 Å². The zero-order chi connectivity index (χ0) is 18.6. The number of urea groups is 1. The standard InChI is InChI=1S/C17H24N2O5S/c1-10(2)7-12-9-25-14(13(12)16(22)24-3)18-17(23)19-6-4-5-11(8-19)15(20)21/h9-11H,4-8H2,1-3H3,(H,18,23)(H,20,21). The van der Waals surface area contributed by atoms with Crippen molar-refractivity contribution in [2.45, 2.75) is 33.1 Å². The molecule has 7 nitrogen and oxygen atoms in total. The van der Waals surface area contributed by atoms with Gasteiger partial charge in [-0.2, -0.15) is 0 Å². The van der Waals surface area contributed by atoms with E-state index >= 15 is 0 Å². The van der Waals surface area contributed by atoms with E-state index in [1.165, 1.54) is 23.3 Å². The van der Waals surface area contributed by atoms with E-state index in [1.54, 1.807) is 0 Å². The van der Waals surface area contributed by atoms with Crippen LogP contribution in [0.3, 0.4) is 0 Å². The number of rotatable bonds is 5. The van der Waals surface area contributed by atoms with Crippen LogP contribution >= 0.6 is 11.3 Å². The number of carbonyl (C=O) groups is 3. The van der Waals surface area contributed by atoms with Crippen molar-refractivity contribution in [3.05, 3.63) is 16.5 Å². The topological polar surface area (TPSA) is 95.9 Å². The minimum atomic E-state index is -0.886. The highest BCUT2D eigenvalue weighted by atomic mass is 32.1. The Kier molecular flexibility index (Phi) is 6.41. The van der Waals surface area contributed by atoms with E-state index in [0.29, 0.717) is 42.3 Å². The van der Waals surface area contributed by atoms with Crippen LogP contribution in [0.15, 0.2) is 5.38 Å². The first-order valence-corrected chi connectivity index (χ1v) is 9.18. The molecule has 0 spiro atoms. The molecule has 2 amide bonds. The Hall–Kier alpha value is -2.09. The van der Waals surface area contributed by atoms with E-state index in [9.17, 15) is 14.4 Å².